The van der Waals surface area contributed by atoms with Crippen molar-refractivity contribution in [3.05, 3.63) is 83.3 Å². The van der Waals surface area contributed by atoms with E-state index in [0.717, 1.165) is 0 Å². The van der Waals surface area contributed by atoms with E-state index in [1.165, 1.54) is 31.5 Å². The lowest BCUT2D eigenvalue weighted by Gasteiger charge is -2.19. The lowest BCUT2D eigenvalue weighted by atomic mass is 9.88. The summed E-state index contributed by atoms with van der Waals surface area (Å²) in [6.07, 6.45) is 1.27. The highest BCUT2D eigenvalue weighted by Gasteiger charge is 2.24. The standard InChI is InChI=1S/C27H29FN2O4S/c1-16(2)19-8-7-18(5)25(11-19)35(32,33)30-26(31)15-24-22(17(3)4)13-21(28)14-23(24)20-9-10-29-27(12-20)34-6/h7-14,17H,1,15H2,2-6H3,(H,30,31). The number of rotatable bonds is 8. The van der Waals surface area contributed by atoms with Gasteiger partial charge in [0.25, 0.3) is 10.0 Å². The Morgan fingerprint density at radius 3 is 2.51 bits per heavy atom. The SMILES string of the molecule is C=C(C)c1ccc(C)c(S(=O)(=O)NC(=O)Cc2c(-c3ccnc(OC)c3)cc(F)cc2C(C)C)c1. The van der Waals surface area contributed by atoms with Crippen LogP contribution in [0, 0.1) is 12.7 Å². The molecule has 1 heterocycles. The highest BCUT2D eigenvalue weighted by Crippen LogP contribution is 2.33. The number of hydrogen-bond acceptors (Lipinski definition) is 5. The summed E-state index contributed by atoms with van der Waals surface area (Å²) in [7, 11) is -2.67. The molecule has 1 aromatic heterocycles. The third kappa shape index (κ3) is 5.95. The Balaban J connectivity index is 2.03. The number of aromatic nitrogens is 1. The summed E-state index contributed by atoms with van der Waals surface area (Å²) in [6.45, 7) is 11.1. The van der Waals surface area contributed by atoms with E-state index in [-0.39, 0.29) is 17.2 Å². The van der Waals surface area contributed by atoms with Gasteiger partial charge in [-0.15, -0.1) is 0 Å². The molecular weight excluding hydrogens is 467 g/mol. The number of sulfonamides is 1. The maximum Gasteiger partial charge on any atom is 0.264 e. The summed E-state index contributed by atoms with van der Waals surface area (Å²) in [6, 6.07) is 11.0. The van der Waals surface area contributed by atoms with Gasteiger partial charge in [0.1, 0.15) is 5.82 Å². The minimum atomic E-state index is -4.14. The third-order valence-corrected chi connectivity index (χ3v) is 7.20. The van der Waals surface area contributed by atoms with Crippen LogP contribution in [0.5, 0.6) is 5.88 Å². The molecule has 0 unspecified atom stereocenters. The summed E-state index contributed by atoms with van der Waals surface area (Å²) in [5, 5.41) is 0. The molecule has 0 aliphatic carbocycles. The number of hydrogen-bond donors (Lipinski definition) is 1. The quantitative estimate of drug-likeness (QED) is 0.451. The lowest BCUT2D eigenvalue weighted by Crippen LogP contribution is -2.32. The number of carbonyl (C=O) groups excluding carboxylic acids is 1. The number of allylic oxidation sites excluding steroid dienone is 1. The summed E-state index contributed by atoms with van der Waals surface area (Å²) >= 11 is 0. The van der Waals surface area contributed by atoms with E-state index in [1.54, 1.807) is 38.1 Å². The Hall–Kier alpha value is -3.52. The van der Waals surface area contributed by atoms with Crippen LogP contribution in [0.3, 0.4) is 0 Å². The summed E-state index contributed by atoms with van der Waals surface area (Å²) in [5.74, 6) is -0.949. The first kappa shape index (κ1) is 26.1. The number of pyridine rings is 1. The highest BCUT2D eigenvalue weighted by atomic mass is 32.2. The molecule has 0 fully saturated rings. The average Bonchev–Trinajstić information content (AvgIpc) is 2.79. The Labute approximate surface area is 205 Å². The van der Waals surface area contributed by atoms with Crippen molar-refractivity contribution < 1.29 is 22.3 Å². The summed E-state index contributed by atoms with van der Waals surface area (Å²) in [5.41, 5.74) is 4.11. The summed E-state index contributed by atoms with van der Waals surface area (Å²) in [4.78, 5) is 17.2. The molecule has 2 aromatic carbocycles. The molecular formula is C27H29FN2O4S. The number of benzene rings is 2. The van der Waals surface area contributed by atoms with Crippen molar-refractivity contribution in [2.45, 2.75) is 44.9 Å². The highest BCUT2D eigenvalue weighted by molar-refractivity contribution is 7.90. The Kier molecular flexibility index (Phi) is 7.75. The molecule has 0 saturated carbocycles. The number of ether oxygens (including phenoxy) is 1. The van der Waals surface area contributed by atoms with Crippen LogP contribution in [0.15, 0.2) is 60.1 Å². The molecule has 0 atom stereocenters. The fourth-order valence-corrected chi connectivity index (χ4v) is 5.13. The molecule has 3 aromatic rings. The molecule has 1 amide bonds. The van der Waals surface area contributed by atoms with Crippen molar-refractivity contribution >= 4 is 21.5 Å². The van der Waals surface area contributed by atoms with Crippen molar-refractivity contribution in [3.63, 3.8) is 0 Å². The minimum Gasteiger partial charge on any atom is -0.481 e. The van der Waals surface area contributed by atoms with Gasteiger partial charge in [-0.25, -0.2) is 22.5 Å². The molecule has 3 rings (SSSR count). The van der Waals surface area contributed by atoms with Gasteiger partial charge < -0.3 is 4.74 Å². The van der Waals surface area contributed by atoms with Crippen molar-refractivity contribution in [2.24, 2.45) is 0 Å². The molecule has 0 saturated heterocycles. The zero-order chi connectivity index (χ0) is 25.9. The second kappa shape index (κ2) is 10.4. The Bertz CT molecular complexity index is 1400. The van der Waals surface area contributed by atoms with E-state index in [2.05, 4.69) is 16.3 Å². The monoisotopic (exact) mass is 496 g/mol. The van der Waals surface area contributed by atoms with Crippen molar-refractivity contribution in [3.8, 4) is 17.0 Å². The predicted octanol–water partition coefficient (Wildman–Crippen LogP) is 5.41. The fourth-order valence-electron chi connectivity index (χ4n) is 3.87. The van der Waals surface area contributed by atoms with Crippen LogP contribution in [-0.2, 0) is 21.2 Å². The number of carbonyl (C=O) groups is 1. The molecule has 6 nitrogen and oxygen atoms in total. The number of nitrogens with zero attached hydrogens (tertiary/aromatic N) is 1. The van der Waals surface area contributed by atoms with Gasteiger partial charge in [0.05, 0.1) is 18.4 Å². The van der Waals surface area contributed by atoms with Crippen molar-refractivity contribution in [1.82, 2.24) is 9.71 Å². The Morgan fingerprint density at radius 2 is 1.89 bits per heavy atom. The first-order valence-electron chi connectivity index (χ1n) is 11.1. The van der Waals surface area contributed by atoms with Gasteiger partial charge in [-0.05, 0) is 77.4 Å². The van der Waals surface area contributed by atoms with Gasteiger partial charge >= 0.3 is 0 Å². The number of methoxy groups -OCH3 is 1. The number of nitrogens with one attached hydrogen (secondary N) is 1. The van der Waals surface area contributed by atoms with E-state index in [1.807, 2.05) is 13.8 Å². The van der Waals surface area contributed by atoms with Crippen LogP contribution in [0.4, 0.5) is 4.39 Å². The topological polar surface area (TPSA) is 85.4 Å². The lowest BCUT2D eigenvalue weighted by molar-refractivity contribution is -0.118. The van der Waals surface area contributed by atoms with Gasteiger partial charge in [-0.3, -0.25) is 4.79 Å². The molecule has 8 heteroatoms. The molecule has 0 aliphatic heterocycles. The van der Waals surface area contributed by atoms with Gasteiger partial charge in [-0.1, -0.05) is 38.1 Å². The van der Waals surface area contributed by atoms with E-state index < -0.39 is 21.7 Å². The molecule has 0 radical (unpaired) electrons. The van der Waals surface area contributed by atoms with Crippen LogP contribution in [0.1, 0.15) is 48.9 Å². The maximum absolute atomic E-state index is 14.6. The van der Waals surface area contributed by atoms with Gasteiger partial charge in [-0.2, -0.15) is 0 Å². The second-order valence-corrected chi connectivity index (χ2v) is 10.4. The number of halogens is 1. The van der Waals surface area contributed by atoms with Gasteiger partial charge in [0.15, 0.2) is 0 Å². The van der Waals surface area contributed by atoms with Gasteiger partial charge in [0.2, 0.25) is 11.8 Å². The number of aryl methyl sites for hydroxylation is 1. The van der Waals surface area contributed by atoms with Crippen LogP contribution in [0.2, 0.25) is 0 Å². The first-order valence-corrected chi connectivity index (χ1v) is 12.6. The molecule has 0 bridgehead atoms. The van der Waals surface area contributed by atoms with Crippen LogP contribution >= 0.6 is 0 Å². The predicted molar refractivity (Wildman–Crippen MR) is 135 cm³/mol. The molecule has 35 heavy (non-hydrogen) atoms. The van der Waals surface area contributed by atoms with Gasteiger partial charge in [0, 0.05) is 12.3 Å². The minimum absolute atomic E-state index is 0.00799. The van der Waals surface area contributed by atoms with E-state index in [0.29, 0.717) is 44.8 Å². The largest absolute Gasteiger partial charge is 0.481 e. The summed E-state index contributed by atoms with van der Waals surface area (Å²) < 4.78 is 48.1. The van der Waals surface area contributed by atoms with E-state index >= 15 is 0 Å². The zero-order valence-electron chi connectivity index (χ0n) is 20.5. The third-order valence-electron chi connectivity index (χ3n) is 5.68. The Morgan fingerprint density at radius 1 is 1.17 bits per heavy atom. The smallest absolute Gasteiger partial charge is 0.264 e. The molecule has 184 valence electrons. The molecule has 0 spiro atoms. The van der Waals surface area contributed by atoms with Crippen molar-refractivity contribution in [2.75, 3.05) is 7.11 Å². The van der Waals surface area contributed by atoms with Crippen molar-refractivity contribution in [1.29, 1.82) is 0 Å². The number of amides is 1. The molecule has 1 N–H and O–H groups in total. The van der Waals surface area contributed by atoms with E-state index in [4.69, 9.17) is 4.74 Å². The maximum atomic E-state index is 14.6. The van der Waals surface area contributed by atoms with Crippen LogP contribution < -0.4 is 9.46 Å². The van der Waals surface area contributed by atoms with E-state index in [9.17, 15) is 17.6 Å². The first-order chi connectivity index (χ1) is 16.4. The zero-order valence-corrected chi connectivity index (χ0v) is 21.3. The second-order valence-electron chi connectivity index (χ2n) is 8.73. The van der Waals surface area contributed by atoms with Crippen LogP contribution in [0.25, 0.3) is 16.7 Å². The molecule has 0 aliphatic rings. The fraction of sp³-hybridized carbons (Fsp3) is 0.259. The van der Waals surface area contributed by atoms with Crippen LogP contribution in [-0.4, -0.2) is 26.4 Å². The normalized spacial score (nSPS) is 11.4. The average molecular weight is 497 g/mol.